The quantitative estimate of drug-likeness (QED) is 0.724. The molecule has 1 aromatic heterocycles. The summed E-state index contributed by atoms with van der Waals surface area (Å²) in [5, 5.41) is 0.325. The zero-order chi connectivity index (χ0) is 10.8. The van der Waals surface area contributed by atoms with Gasteiger partial charge in [-0.05, 0) is 19.3 Å². The Bertz CT molecular complexity index is 323. The normalized spacial score (nSPS) is 27.0. The lowest BCUT2D eigenvalue weighted by atomic mass is 10.00. The molecule has 0 radical (unpaired) electrons. The fraction of sp³-hybridized carbons (Fsp3) is 0.727. The van der Waals surface area contributed by atoms with Gasteiger partial charge in [-0.15, -0.1) is 11.6 Å². The standard InChI is InChI=1S/C11H18ClN3/c1-3-14-7-5-13-11(14)15-6-4-10(12)9(2)8-15/h5,7,9-10H,3-4,6,8H2,1-2H3. The SMILES string of the molecule is CCn1ccnc1N1CCC(Cl)C(C)C1. The highest BCUT2D eigenvalue weighted by Gasteiger charge is 2.26. The van der Waals surface area contributed by atoms with E-state index in [2.05, 4.69) is 28.3 Å². The molecule has 2 atom stereocenters. The van der Waals surface area contributed by atoms with Gasteiger partial charge in [0.05, 0.1) is 0 Å². The molecule has 15 heavy (non-hydrogen) atoms. The van der Waals surface area contributed by atoms with Gasteiger partial charge in [-0.25, -0.2) is 4.98 Å². The van der Waals surface area contributed by atoms with E-state index < -0.39 is 0 Å². The summed E-state index contributed by atoms with van der Waals surface area (Å²) in [6.07, 6.45) is 4.96. The maximum absolute atomic E-state index is 6.21. The summed E-state index contributed by atoms with van der Waals surface area (Å²) in [7, 11) is 0. The molecule has 0 N–H and O–H groups in total. The van der Waals surface area contributed by atoms with Gasteiger partial charge in [0.1, 0.15) is 0 Å². The molecule has 0 aliphatic carbocycles. The molecule has 1 aliphatic rings. The number of halogens is 1. The van der Waals surface area contributed by atoms with Crippen molar-refractivity contribution < 1.29 is 0 Å². The summed E-state index contributed by atoms with van der Waals surface area (Å²) in [6.45, 7) is 7.37. The summed E-state index contributed by atoms with van der Waals surface area (Å²) in [5.41, 5.74) is 0. The van der Waals surface area contributed by atoms with Crippen molar-refractivity contribution in [3.63, 3.8) is 0 Å². The van der Waals surface area contributed by atoms with Gasteiger partial charge < -0.3 is 9.47 Å². The van der Waals surface area contributed by atoms with Crippen molar-refractivity contribution in [2.45, 2.75) is 32.2 Å². The second kappa shape index (κ2) is 4.44. The monoisotopic (exact) mass is 227 g/mol. The minimum Gasteiger partial charge on any atom is -0.342 e. The summed E-state index contributed by atoms with van der Waals surface area (Å²) >= 11 is 6.21. The highest BCUT2D eigenvalue weighted by Crippen LogP contribution is 2.25. The first-order chi connectivity index (χ1) is 7.22. The van der Waals surface area contributed by atoms with E-state index in [4.69, 9.17) is 11.6 Å². The minimum atomic E-state index is 0.325. The molecule has 0 spiro atoms. The fourth-order valence-corrected chi connectivity index (χ4v) is 2.31. The third-order valence-corrected chi connectivity index (χ3v) is 3.77. The smallest absolute Gasteiger partial charge is 0.205 e. The Morgan fingerprint density at radius 3 is 3.07 bits per heavy atom. The number of piperidine rings is 1. The number of rotatable bonds is 2. The third kappa shape index (κ3) is 2.12. The Hall–Kier alpha value is -0.700. The van der Waals surface area contributed by atoms with Crippen LogP contribution in [-0.2, 0) is 6.54 Å². The molecule has 0 saturated carbocycles. The van der Waals surface area contributed by atoms with Crippen LogP contribution in [0.5, 0.6) is 0 Å². The number of alkyl halides is 1. The first-order valence-corrected chi connectivity index (χ1v) is 6.06. The molecule has 1 fully saturated rings. The Morgan fingerprint density at radius 1 is 1.60 bits per heavy atom. The number of imidazole rings is 1. The molecule has 2 unspecified atom stereocenters. The van der Waals surface area contributed by atoms with Crippen LogP contribution in [-0.4, -0.2) is 28.0 Å². The number of aryl methyl sites for hydroxylation is 1. The summed E-state index contributed by atoms with van der Waals surface area (Å²) < 4.78 is 2.18. The van der Waals surface area contributed by atoms with Gasteiger partial charge in [-0.2, -0.15) is 0 Å². The summed E-state index contributed by atoms with van der Waals surface area (Å²) in [4.78, 5) is 6.76. The number of anilines is 1. The van der Waals surface area contributed by atoms with Gasteiger partial charge in [0, 0.05) is 37.4 Å². The second-order valence-electron chi connectivity index (χ2n) is 4.24. The van der Waals surface area contributed by atoms with Gasteiger partial charge >= 0.3 is 0 Å². The summed E-state index contributed by atoms with van der Waals surface area (Å²) in [6, 6.07) is 0. The lowest BCUT2D eigenvalue weighted by Crippen LogP contribution is -2.41. The van der Waals surface area contributed by atoms with Gasteiger partial charge in [-0.1, -0.05) is 6.92 Å². The van der Waals surface area contributed by atoms with Gasteiger partial charge in [-0.3, -0.25) is 0 Å². The van der Waals surface area contributed by atoms with Crippen molar-refractivity contribution in [1.82, 2.24) is 9.55 Å². The molecule has 1 aromatic rings. The maximum Gasteiger partial charge on any atom is 0.205 e. The van der Waals surface area contributed by atoms with Crippen molar-refractivity contribution >= 4 is 17.5 Å². The van der Waals surface area contributed by atoms with Crippen molar-refractivity contribution in [3.8, 4) is 0 Å². The molecular weight excluding hydrogens is 210 g/mol. The Balaban J connectivity index is 2.11. The lowest BCUT2D eigenvalue weighted by molar-refractivity contribution is 0.445. The van der Waals surface area contributed by atoms with Crippen molar-refractivity contribution in [3.05, 3.63) is 12.4 Å². The first-order valence-electron chi connectivity index (χ1n) is 5.62. The lowest BCUT2D eigenvalue weighted by Gasteiger charge is -2.34. The van der Waals surface area contributed by atoms with Crippen LogP contribution in [0, 0.1) is 5.92 Å². The average Bonchev–Trinajstić information content (AvgIpc) is 2.70. The molecule has 1 aliphatic heterocycles. The van der Waals surface area contributed by atoms with Crippen LogP contribution >= 0.6 is 11.6 Å². The number of hydrogen-bond acceptors (Lipinski definition) is 2. The van der Waals surface area contributed by atoms with E-state index in [9.17, 15) is 0 Å². The number of hydrogen-bond donors (Lipinski definition) is 0. The third-order valence-electron chi connectivity index (χ3n) is 3.12. The molecule has 1 saturated heterocycles. The topological polar surface area (TPSA) is 21.1 Å². The Morgan fingerprint density at radius 2 is 2.40 bits per heavy atom. The predicted molar refractivity (Wildman–Crippen MR) is 63.5 cm³/mol. The van der Waals surface area contributed by atoms with Crippen LogP contribution in [0.4, 0.5) is 5.95 Å². The predicted octanol–water partition coefficient (Wildman–Crippen LogP) is 2.36. The van der Waals surface area contributed by atoms with E-state index in [1.54, 1.807) is 0 Å². The van der Waals surface area contributed by atoms with E-state index in [0.29, 0.717) is 11.3 Å². The molecule has 84 valence electrons. The maximum atomic E-state index is 6.21. The first kappa shape index (κ1) is 10.8. The van der Waals surface area contributed by atoms with Gasteiger partial charge in [0.15, 0.2) is 0 Å². The van der Waals surface area contributed by atoms with Crippen LogP contribution < -0.4 is 4.90 Å². The molecule has 0 aromatic carbocycles. The molecule has 2 heterocycles. The van der Waals surface area contributed by atoms with Gasteiger partial charge in [0.25, 0.3) is 0 Å². The average molecular weight is 228 g/mol. The molecule has 0 amide bonds. The second-order valence-corrected chi connectivity index (χ2v) is 4.80. The van der Waals surface area contributed by atoms with Crippen molar-refractivity contribution in [2.24, 2.45) is 5.92 Å². The van der Waals surface area contributed by atoms with Crippen LogP contribution in [0.1, 0.15) is 20.3 Å². The van der Waals surface area contributed by atoms with Crippen LogP contribution in [0.15, 0.2) is 12.4 Å². The minimum absolute atomic E-state index is 0.325. The molecule has 4 heteroatoms. The zero-order valence-corrected chi connectivity index (χ0v) is 10.1. The van der Waals surface area contributed by atoms with Crippen LogP contribution in [0.3, 0.4) is 0 Å². The Labute approximate surface area is 96.0 Å². The fourth-order valence-electron chi connectivity index (χ4n) is 2.13. The van der Waals surface area contributed by atoms with E-state index in [0.717, 1.165) is 32.0 Å². The molecular formula is C11H18ClN3. The Kier molecular flexibility index (Phi) is 3.19. The van der Waals surface area contributed by atoms with E-state index in [-0.39, 0.29) is 0 Å². The summed E-state index contributed by atoms with van der Waals surface area (Å²) in [5.74, 6) is 1.63. The van der Waals surface area contributed by atoms with E-state index in [1.807, 2.05) is 12.4 Å². The number of nitrogens with zero attached hydrogens (tertiary/aromatic N) is 3. The highest BCUT2D eigenvalue weighted by molar-refractivity contribution is 6.20. The number of aromatic nitrogens is 2. The van der Waals surface area contributed by atoms with Crippen LogP contribution in [0.25, 0.3) is 0 Å². The van der Waals surface area contributed by atoms with Crippen molar-refractivity contribution in [2.75, 3.05) is 18.0 Å². The molecule has 3 nitrogen and oxygen atoms in total. The largest absolute Gasteiger partial charge is 0.342 e. The zero-order valence-electron chi connectivity index (χ0n) is 9.36. The van der Waals surface area contributed by atoms with E-state index >= 15 is 0 Å². The molecule has 2 rings (SSSR count). The van der Waals surface area contributed by atoms with Gasteiger partial charge in [0.2, 0.25) is 5.95 Å². The van der Waals surface area contributed by atoms with Crippen molar-refractivity contribution in [1.29, 1.82) is 0 Å². The van der Waals surface area contributed by atoms with E-state index in [1.165, 1.54) is 0 Å². The van der Waals surface area contributed by atoms with Crippen LogP contribution in [0.2, 0.25) is 0 Å². The molecule has 0 bridgehead atoms. The highest BCUT2D eigenvalue weighted by atomic mass is 35.5.